The van der Waals surface area contributed by atoms with Gasteiger partial charge in [-0.05, 0) is 54.9 Å². The topological polar surface area (TPSA) is 107 Å². The molecule has 0 aliphatic carbocycles. The molecule has 0 bridgehead atoms. The number of carbonyl (C=O) groups excluding carboxylic acids is 1. The van der Waals surface area contributed by atoms with Gasteiger partial charge >= 0.3 is 5.97 Å². The van der Waals surface area contributed by atoms with E-state index < -0.39 is 6.04 Å². The molecule has 2 N–H and O–H groups in total. The second-order valence-corrected chi connectivity index (χ2v) is 11.9. The van der Waals surface area contributed by atoms with Crippen LogP contribution in [0.5, 0.6) is 0 Å². The van der Waals surface area contributed by atoms with Gasteiger partial charge in [-0.25, -0.2) is 4.98 Å². The third-order valence-electron chi connectivity index (χ3n) is 7.72. The molecule has 2 aliphatic rings. The number of carbonyl (C=O) groups is 1. The van der Waals surface area contributed by atoms with Crippen molar-refractivity contribution >= 4 is 17.0 Å². The Morgan fingerprint density at radius 1 is 1.18 bits per heavy atom. The minimum absolute atomic E-state index is 0.0911. The average Bonchev–Trinajstić information content (AvgIpc) is 3.53. The van der Waals surface area contributed by atoms with Crippen molar-refractivity contribution in [3.63, 3.8) is 0 Å². The fourth-order valence-corrected chi connectivity index (χ4v) is 5.41. The summed E-state index contributed by atoms with van der Waals surface area (Å²) in [5.41, 5.74) is 4.12. The molecule has 4 heterocycles. The Labute approximate surface area is 229 Å². The Bertz CT molecular complexity index is 1360. The Balaban J connectivity index is 1.41. The normalized spacial score (nSPS) is 19.4. The highest BCUT2D eigenvalue weighted by atomic mass is 16.6. The van der Waals surface area contributed by atoms with E-state index in [0.29, 0.717) is 31.2 Å². The zero-order valence-corrected chi connectivity index (χ0v) is 23.4. The van der Waals surface area contributed by atoms with Crippen molar-refractivity contribution in [1.29, 1.82) is 0 Å². The summed E-state index contributed by atoms with van der Waals surface area (Å²) in [6, 6.07) is 7.73. The lowest BCUT2D eigenvalue weighted by molar-refractivity contribution is -0.154. The molecular weight excluding hydrogens is 496 g/mol. The number of rotatable bonds is 8. The van der Waals surface area contributed by atoms with Crippen LogP contribution in [0.15, 0.2) is 35.3 Å². The number of hydrogen-bond acceptors (Lipinski definition) is 7. The summed E-state index contributed by atoms with van der Waals surface area (Å²) in [6.45, 7) is 11.9. The predicted octanol–water partition coefficient (Wildman–Crippen LogP) is 3.96. The van der Waals surface area contributed by atoms with Crippen LogP contribution in [0.1, 0.15) is 51.2 Å². The predicted molar refractivity (Wildman–Crippen MR) is 149 cm³/mol. The molecule has 2 atom stereocenters. The SMILES string of the molecule is Cc1cc(-c2nc3cc(CNC(C(=O)OC4CCOC4)C(C)(C)C)ccc3n2CC2CCOCC2)c[nH]c1=O. The van der Waals surface area contributed by atoms with E-state index >= 15 is 0 Å². The Hall–Kier alpha value is -3.01. The smallest absolute Gasteiger partial charge is 0.324 e. The largest absolute Gasteiger partial charge is 0.459 e. The molecule has 5 rings (SSSR count). The van der Waals surface area contributed by atoms with Crippen LogP contribution >= 0.6 is 0 Å². The van der Waals surface area contributed by atoms with Crippen molar-refractivity contribution in [2.45, 2.75) is 72.2 Å². The summed E-state index contributed by atoms with van der Waals surface area (Å²) in [4.78, 5) is 32.9. The summed E-state index contributed by atoms with van der Waals surface area (Å²) in [7, 11) is 0. The summed E-state index contributed by atoms with van der Waals surface area (Å²) >= 11 is 0. The van der Waals surface area contributed by atoms with E-state index in [4.69, 9.17) is 19.2 Å². The quantitative estimate of drug-likeness (QED) is 0.420. The van der Waals surface area contributed by atoms with Crippen molar-refractivity contribution in [3.8, 4) is 11.4 Å². The molecule has 2 saturated heterocycles. The number of nitrogens with one attached hydrogen (secondary N) is 2. The summed E-state index contributed by atoms with van der Waals surface area (Å²) < 4.78 is 19.0. The van der Waals surface area contributed by atoms with Gasteiger partial charge in [0.2, 0.25) is 0 Å². The highest BCUT2D eigenvalue weighted by molar-refractivity contribution is 5.81. The summed E-state index contributed by atoms with van der Waals surface area (Å²) in [5.74, 6) is 1.11. The van der Waals surface area contributed by atoms with Crippen molar-refractivity contribution in [1.82, 2.24) is 19.9 Å². The summed E-state index contributed by atoms with van der Waals surface area (Å²) in [6.07, 6.45) is 4.35. The number of H-pyrrole nitrogens is 1. The molecule has 2 aliphatic heterocycles. The maximum atomic E-state index is 13.0. The summed E-state index contributed by atoms with van der Waals surface area (Å²) in [5, 5.41) is 3.44. The number of hydrogen-bond donors (Lipinski definition) is 2. The van der Waals surface area contributed by atoms with E-state index in [0.717, 1.165) is 67.0 Å². The number of ether oxygens (including phenoxy) is 3. The molecule has 210 valence electrons. The van der Waals surface area contributed by atoms with Gasteiger partial charge in [-0.1, -0.05) is 26.8 Å². The van der Waals surface area contributed by atoms with E-state index in [1.807, 2.05) is 33.8 Å². The Morgan fingerprint density at radius 2 is 1.95 bits per heavy atom. The molecule has 0 radical (unpaired) electrons. The maximum Gasteiger partial charge on any atom is 0.324 e. The molecule has 39 heavy (non-hydrogen) atoms. The molecule has 9 nitrogen and oxygen atoms in total. The lowest BCUT2D eigenvalue weighted by Gasteiger charge is -2.30. The monoisotopic (exact) mass is 536 g/mol. The molecule has 2 aromatic heterocycles. The molecular formula is C30H40N4O5. The van der Waals surface area contributed by atoms with Crippen molar-refractivity contribution < 1.29 is 19.0 Å². The van der Waals surface area contributed by atoms with Crippen LogP contribution in [0.25, 0.3) is 22.4 Å². The molecule has 2 unspecified atom stereocenters. The van der Waals surface area contributed by atoms with Crippen LogP contribution in [-0.2, 0) is 32.1 Å². The van der Waals surface area contributed by atoms with E-state index in [1.165, 1.54) is 0 Å². The molecule has 9 heteroatoms. The van der Waals surface area contributed by atoms with Crippen LogP contribution in [0.3, 0.4) is 0 Å². The fourth-order valence-electron chi connectivity index (χ4n) is 5.41. The number of benzene rings is 1. The first kappa shape index (κ1) is 27.6. The number of nitrogens with zero attached hydrogens (tertiary/aromatic N) is 2. The van der Waals surface area contributed by atoms with Gasteiger partial charge in [-0.15, -0.1) is 0 Å². The zero-order valence-electron chi connectivity index (χ0n) is 23.4. The van der Waals surface area contributed by atoms with Crippen LogP contribution < -0.4 is 10.9 Å². The molecule has 2 fully saturated rings. The van der Waals surface area contributed by atoms with Gasteiger partial charge < -0.3 is 23.8 Å². The lowest BCUT2D eigenvalue weighted by Crippen LogP contribution is -2.48. The molecule has 1 aromatic carbocycles. The number of esters is 1. The number of pyridine rings is 1. The number of imidazole rings is 1. The molecule has 3 aromatic rings. The van der Waals surface area contributed by atoms with Crippen LogP contribution in [0.4, 0.5) is 0 Å². The molecule has 0 saturated carbocycles. The lowest BCUT2D eigenvalue weighted by atomic mass is 9.86. The van der Waals surface area contributed by atoms with Gasteiger partial charge in [0, 0.05) is 50.0 Å². The molecule has 0 spiro atoms. The number of aromatic amines is 1. The second-order valence-electron chi connectivity index (χ2n) is 11.9. The minimum Gasteiger partial charge on any atom is -0.459 e. The first-order chi connectivity index (χ1) is 18.7. The maximum absolute atomic E-state index is 13.0. The minimum atomic E-state index is -0.459. The van der Waals surface area contributed by atoms with E-state index in [9.17, 15) is 9.59 Å². The van der Waals surface area contributed by atoms with Crippen LogP contribution in [0.2, 0.25) is 0 Å². The Morgan fingerprint density at radius 3 is 2.64 bits per heavy atom. The van der Waals surface area contributed by atoms with Crippen LogP contribution in [0, 0.1) is 18.3 Å². The number of aromatic nitrogens is 3. The van der Waals surface area contributed by atoms with Gasteiger partial charge in [0.05, 0.1) is 24.2 Å². The van der Waals surface area contributed by atoms with Crippen molar-refractivity contribution in [2.75, 3.05) is 26.4 Å². The Kier molecular flexibility index (Phi) is 8.21. The van der Waals surface area contributed by atoms with Gasteiger partial charge in [0.15, 0.2) is 0 Å². The first-order valence-electron chi connectivity index (χ1n) is 14.0. The first-order valence-corrected chi connectivity index (χ1v) is 14.0. The van der Waals surface area contributed by atoms with Crippen LogP contribution in [-0.4, -0.2) is 59.1 Å². The third-order valence-corrected chi connectivity index (χ3v) is 7.72. The fraction of sp³-hybridized carbons (Fsp3) is 0.567. The van der Waals surface area contributed by atoms with E-state index in [1.54, 1.807) is 6.20 Å². The van der Waals surface area contributed by atoms with Crippen molar-refractivity contribution in [3.05, 3.63) is 51.9 Å². The van der Waals surface area contributed by atoms with Gasteiger partial charge in [0.1, 0.15) is 18.0 Å². The van der Waals surface area contributed by atoms with E-state index in [-0.39, 0.29) is 23.0 Å². The highest BCUT2D eigenvalue weighted by Crippen LogP contribution is 2.29. The van der Waals surface area contributed by atoms with Gasteiger partial charge in [-0.2, -0.15) is 0 Å². The van der Waals surface area contributed by atoms with Crippen molar-refractivity contribution in [2.24, 2.45) is 11.3 Å². The highest BCUT2D eigenvalue weighted by Gasteiger charge is 2.34. The standard InChI is InChI=1S/C30H40N4O5/c1-19-13-22(16-32-28(19)35)27-33-24-14-21(5-6-25(24)34(27)17-20-7-10-37-11-8-20)15-31-26(30(2,3)4)29(36)39-23-9-12-38-18-23/h5-6,13-14,16,20,23,26,31H,7-12,15,17-18H2,1-4H3,(H,32,35). The average molecular weight is 537 g/mol. The second kappa shape index (κ2) is 11.6. The third kappa shape index (κ3) is 6.42. The van der Waals surface area contributed by atoms with Gasteiger partial charge in [-0.3, -0.25) is 14.9 Å². The molecule has 0 amide bonds. The zero-order chi connectivity index (χ0) is 27.6. The number of fused-ring (bicyclic) bond motifs is 1. The van der Waals surface area contributed by atoms with E-state index in [2.05, 4.69) is 33.1 Å². The van der Waals surface area contributed by atoms with Gasteiger partial charge in [0.25, 0.3) is 5.56 Å². The number of aryl methyl sites for hydroxylation is 1.